The molecule has 0 atom stereocenters. The molecule has 0 aliphatic rings. The zero-order valence-corrected chi connectivity index (χ0v) is 12.5. The van der Waals surface area contributed by atoms with Gasteiger partial charge in [-0.3, -0.25) is 0 Å². The molecule has 1 aromatic heterocycles. The maximum atomic E-state index is 5.77. The molecule has 0 unspecified atom stereocenters. The molecular weight excluding hydrogens is 272 g/mol. The molecule has 0 aliphatic heterocycles. The third-order valence-electron chi connectivity index (χ3n) is 3.01. The molecule has 0 saturated heterocycles. The van der Waals surface area contributed by atoms with Gasteiger partial charge in [0.2, 0.25) is 0 Å². The van der Waals surface area contributed by atoms with Crippen molar-refractivity contribution in [2.45, 2.75) is 13.3 Å². The van der Waals surface area contributed by atoms with Crippen LogP contribution >= 0.6 is 12.2 Å². The molecule has 0 amide bonds. The number of aromatic nitrogens is 2. The van der Waals surface area contributed by atoms with E-state index in [2.05, 4.69) is 16.9 Å². The molecule has 0 saturated carbocycles. The highest BCUT2D eigenvalue weighted by Crippen LogP contribution is 2.30. The lowest BCUT2D eigenvalue weighted by atomic mass is 10.0. The first kappa shape index (κ1) is 14.7. The summed E-state index contributed by atoms with van der Waals surface area (Å²) < 4.78 is 11.4. The standard InChI is InChI=1S/C15H18N2O2S/c1-3-11-14(16-10-17-15(11)20)12-6-4-5-7-13(12)19-9-8-18-2/h4-7,10H,3,8-9H2,1-2H3,(H,16,17,20). The molecule has 0 radical (unpaired) electrons. The molecule has 1 aromatic carbocycles. The number of hydrogen-bond acceptors (Lipinski definition) is 4. The molecule has 2 rings (SSSR count). The van der Waals surface area contributed by atoms with E-state index in [4.69, 9.17) is 21.7 Å². The summed E-state index contributed by atoms with van der Waals surface area (Å²) >= 11 is 5.30. The Kier molecular flexibility index (Phi) is 5.26. The summed E-state index contributed by atoms with van der Waals surface area (Å²) in [5, 5.41) is 0. The van der Waals surface area contributed by atoms with Gasteiger partial charge in [0.05, 0.1) is 18.6 Å². The fourth-order valence-corrected chi connectivity index (χ4v) is 2.33. The van der Waals surface area contributed by atoms with Crippen molar-refractivity contribution < 1.29 is 9.47 Å². The zero-order chi connectivity index (χ0) is 14.4. The number of ether oxygens (including phenoxy) is 2. The van der Waals surface area contributed by atoms with Gasteiger partial charge < -0.3 is 14.5 Å². The first-order valence-electron chi connectivity index (χ1n) is 6.55. The van der Waals surface area contributed by atoms with E-state index in [1.54, 1.807) is 13.4 Å². The van der Waals surface area contributed by atoms with Gasteiger partial charge in [-0.05, 0) is 18.6 Å². The monoisotopic (exact) mass is 290 g/mol. The molecule has 0 aliphatic carbocycles. The highest BCUT2D eigenvalue weighted by molar-refractivity contribution is 7.71. The van der Waals surface area contributed by atoms with E-state index in [9.17, 15) is 0 Å². The summed E-state index contributed by atoms with van der Waals surface area (Å²) in [5.41, 5.74) is 3.00. The van der Waals surface area contributed by atoms with E-state index in [1.165, 1.54) is 0 Å². The number of nitrogens with one attached hydrogen (secondary N) is 1. The Morgan fingerprint density at radius 2 is 2.05 bits per heavy atom. The topological polar surface area (TPSA) is 47.1 Å². The van der Waals surface area contributed by atoms with Gasteiger partial charge in [-0.2, -0.15) is 0 Å². The van der Waals surface area contributed by atoms with Crippen LogP contribution in [0.2, 0.25) is 0 Å². The van der Waals surface area contributed by atoms with Crippen LogP contribution in [0.25, 0.3) is 11.3 Å². The van der Waals surface area contributed by atoms with E-state index >= 15 is 0 Å². The minimum Gasteiger partial charge on any atom is -0.490 e. The van der Waals surface area contributed by atoms with Crippen molar-refractivity contribution in [2.24, 2.45) is 0 Å². The van der Waals surface area contributed by atoms with Crippen molar-refractivity contribution in [1.82, 2.24) is 9.97 Å². The number of rotatable bonds is 6. The van der Waals surface area contributed by atoms with Gasteiger partial charge >= 0.3 is 0 Å². The molecule has 106 valence electrons. The average molecular weight is 290 g/mol. The van der Waals surface area contributed by atoms with Crippen LogP contribution in [-0.4, -0.2) is 30.3 Å². The third kappa shape index (κ3) is 3.23. The molecule has 1 heterocycles. The fraction of sp³-hybridized carbons (Fsp3) is 0.333. The lowest BCUT2D eigenvalue weighted by molar-refractivity contribution is 0.146. The highest BCUT2D eigenvalue weighted by Gasteiger charge is 2.11. The second-order valence-electron chi connectivity index (χ2n) is 4.25. The molecule has 2 aromatic rings. The summed E-state index contributed by atoms with van der Waals surface area (Å²) in [6.07, 6.45) is 2.45. The van der Waals surface area contributed by atoms with Crippen LogP contribution < -0.4 is 4.74 Å². The largest absolute Gasteiger partial charge is 0.490 e. The summed E-state index contributed by atoms with van der Waals surface area (Å²) in [6, 6.07) is 7.89. The van der Waals surface area contributed by atoms with E-state index in [1.807, 2.05) is 24.3 Å². The molecule has 1 N–H and O–H groups in total. The summed E-state index contributed by atoms with van der Waals surface area (Å²) in [4.78, 5) is 7.33. The molecular formula is C15H18N2O2S. The van der Waals surface area contributed by atoms with Gasteiger partial charge in [0, 0.05) is 18.2 Å². The molecule has 20 heavy (non-hydrogen) atoms. The number of para-hydroxylation sites is 1. The quantitative estimate of drug-likeness (QED) is 0.654. The Labute approximate surface area is 123 Å². The fourth-order valence-electron chi connectivity index (χ4n) is 2.03. The van der Waals surface area contributed by atoms with Crippen molar-refractivity contribution in [2.75, 3.05) is 20.3 Å². The lowest BCUT2D eigenvalue weighted by Crippen LogP contribution is -2.06. The summed E-state index contributed by atoms with van der Waals surface area (Å²) in [5.74, 6) is 0.816. The van der Waals surface area contributed by atoms with Crippen LogP contribution in [0.4, 0.5) is 0 Å². The first-order chi connectivity index (χ1) is 9.77. The maximum absolute atomic E-state index is 5.77. The van der Waals surface area contributed by atoms with Gasteiger partial charge in [0.25, 0.3) is 0 Å². The Morgan fingerprint density at radius 1 is 1.25 bits per heavy atom. The molecule has 0 bridgehead atoms. The van der Waals surface area contributed by atoms with Crippen molar-refractivity contribution in [3.8, 4) is 17.0 Å². The number of hydrogen-bond donors (Lipinski definition) is 1. The zero-order valence-electron chi connectivity index (χ0n) is 11.7. The number of aromatic amines is 1. The van der Waals surface area contributed by atoms with Crippen LogP contribution in [0.3, 0.4) is 0 Å². The van der Waals surface area contributed by atoms with Crippen molar-refractivity contribution in [1.29, 1.82) is 0 Å². The lowest BCUT2D eigenvalue weighted by Gasteiger charge is -2.13. The van der Waals surface area contributed by atoms with Gasteiger partial charge in [-0.25, -0.2) is 4.98 Å². The van der Waals surface area contributed by atoms with Crippen molar-refractivity contribution in [3.05, 3.63) is 40.8 Å². The van der Waals surface area contributed by atoms with E-state index in [0.717, 1.165) is 29.0 Å². The van der Waals surface area contributed by atoms with E-state index in [-0.39, 0.29) is 0 Å². The second kappa shape index (κ2) is 7.17. The minimum absolute atomic E-state index is 0.515. The van der Waals surface area contributed by atoms with Crippen molar-refractivity contribution in [3.63, 3.8) is 0 Å². The maximum Gasteiger partial charge on any atom is 0.133 e. The minimum atomic E-state index is 0.515. The summed E-state index contributed by atoms with van der Waals surface area (Å²) in [6.45, 7) is 3.14. The van der Waals surface area contributed by atoms with E-state index in [0.29, 0.717) is 17.9 Å². The van der Waals surface area contributed by atoms with Gasteiger partial charge in [0.15, 0.2) is 0 Å². The Bertz CT molecular complexity index is 625. The highest BCUT2D eigenvalue weighted by atomic mass is 32.1. The molecule has 0 fully saturated rings. The van der Waals surface area contributed by atoms with Gasteiger partial charge in [-0.1, -0.05) is 31.3 Å². The number of nitrogens with zero attached hydrogens (tertiary/aromatic N) is 1. The Hall–Kier alpha value is -1.72. The smallest absolute Gasteiger partial charge is 0.133 e. The number of H-pyrrole nitrogens is 1. The van der Waals surface area contributed by atoms with Crippen LogP contribution in [0, 0.1) is 4.64 Å². The number of methoxy groups -OCH3 is 1. The third-order valence-corrected chi connectivity index (χ3v) is 3.36. The van der Waals surface area contributed by atoms with Gasteiger partial charge in [-0.15, -0.1) is 0 Å². The second-order valence-corrected chi connectivity index (χ2v) is 4.64. The first-order valence-corrected chi connectivity index (χ1v) is 6.96. The van der Waals surface area contributed by atoms with Crippen LogP contribution in [-0.2, 0) is 11.2 Å². The predicted molar refractivity (Wildman–Crippen MR) is 81.6 cm³/mol. The molecule has 5 heteroatoms. The van der Waals surface area contributed by atoms with Crippen LogP contribution in [0.15, 0.2) is 30.6 Å². The summed E-state index contributed by atoms with van der Waals surface area (Å²) in [7, 11) is 1.66. The van der Waals surface area contributed by atoms with E-state index < -0.39 is 0 Å². The Balaban J connectivity index is 2.42. The van der Waals surface area contributed by atoms with Crippen LogP contribution in [0.1, 0.15) is 12.5 Å². The normalized spacial score (nSPS) is 10.5. The van der Waals surface area contributed by atoms with Gasteiger partial charge in [0.1, 0.15) is 17.0 Å². The Morgan fingerprint density at radius 3 is 2.80 bits per heavy atom. The molecule has 0 spiro atoms. The average Bonchev–Trinajstić information content (AvgIpc) is 2.48. The molecule has 4 nitrogen and oxygen atoms in total. The number of benzene rings is 1. The SMILES string of the molecule is CCc1c(-c2ccccc2OCCOC)[nH]cnc1=S. The predicted octanol–water partition coefficient (Wildman–Crippen LogP) is 3.39. The van der Waals surface area contributed by atoms with Crippen LogP contribution in [0.5, 0.6) is 5.75 Å². The van der Waals surface area contributed by atoms with Crippen molar-refractivity contribution >= 4 is 12.2 Å².